The second-order valence-electron chi connectivity index (χ2n) is 4.23. The van der Waals surface area contributed by atoms with E-state index in [2.05, 4.69) is 27.3 Å². The van der Waals surface area contributed by atoms with Gasteiger partial charge in [-0.25, -0.2) is 4.39 Å². The summed E-state index contributed by atoms with van der Waals surface area (Å²) in [6, 6.07) is 12.4. The van der Waals surface area contributed by atoms with Crippen LogP contribution in [0.1, 0.15) is 16.7 Å². The number of halogens is 2. The minimum atomic E-state index is -0.283. The highest BCUT2D eigenvalue weighted by atomic mass is 79.9. The van der Waals surface area contributed by atoms with Gasteiger partial charge in [-0.2, -0.15) is 5.26 Å². The largest absolute Gasteiger partial charge is 0.379 e. The van der Waals surface area contributed by atoms with Crippen molar-refractivity contribution in [1.82, 2.24) is 0 Å². The van der Waals surface area contributed by atoms with Crippen LogP contribution in [-0.4, -0.2) is 0 Å². The zero-order valence-electron chi connectivity index (χ0n) is 10.4. The normalized spacial score (nSPS) is 10.0. The van der Waals surface area contributed by atoms with Gasteiger partial charge in [0.05, 0.1) is 17.3 Å². The van der Waals surface area contributed by atoms with Crippen molar-refractivity contribution in [2.75, 3.05) is 5.32 Å². The minimum Gasteiger partial charge on any atom is -0.379 e. The van der Waals surface area contributed by atoms with Gasteiger partial charge in [0.25, 0.3) is 0 Å². The third-order valence-electron chi connectivity index (χ3n) is 2.87. The summed E-state index contributed by atoms with van der Waals surface area (Å²) in [4.78, 5) is 0. The van der Waals surface area contributed by atoms with E-state index in [-0.39, 0.29) is 5.82 Å². The number of benzene rings is 2. The smallest absolute Gasteiger partial charge is 0.146 e. The molecular weight excluding hydrogens is 307 g/mol. The Morgan fingerprint density at radius 2 is 2.05 bits per heavy atom. The number of hydrogen-bond donors (Lipinski definition) is 1. The lowest BCUT2D eigenvalue weighted by Gasteiger charge is -2.10. The summed E-state index contributed by atoms with van der Waals surface area (Å²) in [5.74, 6) is -0.283. The minimum absolute atomic E-state index is 0.283. The molecule has 0 amide bonds. The second kappa shape index (κ2) is 5.85. The van der Waals surface area contributed by atoms with Crippen molar-refractivity contribution < 1.29 is 4.39 Å². The molecule has 0 aliphatic carbocycles. The number of nitriles is 1. The van der Waals surface area contributed by atoms with E-state index in [0.29, 0.717) is 17.8 Å². The monoisotopic (exact) mass is 318 g/mol. The molecule has 0 radical (unpaired) electrons. The van der Waals surface area contributed by atoms with Crippen LogP contribution in [0.2, 0.25) is 0 Å². The Morgan fingerprint density at radius 3 is 2.74 bits per heavy atom. The molecule has 2 rings (SSSR count). The molecule has 0 bridgehead atoms. The van der Waals surface area contributed by atoms with Crippen molar-refractivity contribution in [3.63, 3.8) is 0 Å². The second-order valence-corrected chi connectivity index (χ2v) is 5.15. The standard InChI is InChI=1S/C15H12BrFN2/c1-10-6-11(8-18)2-3-12(10)9-19-15-7-13(16)4-5-14(15)17/h2-7,19H,9H2,1H3. The fourth-order valence-electron chi connectivity index (χ4n) is 1.79. The molecule has 96 valence electrons. The van der Waals surface area contributed by atoms with Gasteiger partial charge in [0.1, 0.15) is 5.82 Å². The van der Waals surface area contributed by atoms with Crippen molar-refractivity contribution in [2.45, 2.75) is 13.5 Å². The number of nitrogens with zero attached hydrogens (tertiary/aromatic N) is 1. The fourth-order valence-corrected chi connectivity index (χ4v) is 2.15. The lowest BCUT2D eigenvalue weighted by Crippen LogP contribution is -2.03. The van der Waals surface area contributed by atoms with E-state index in [4.69, 9.17) is 5.26 Å². The molecule has 2 aromatic rings. The van der Waals surface area contributed by atoms with Crippen molar-refractivity contribution in [1.29, 1.82) is 5.26 Å². The molecular formula is C15H12BrFN2. The van der Waals surface area contributed by atoms with Crippen molar-refractivity contribution in [2.24, 2.45) is 0 Å². The fraction of sp³-hybridized carbons (Fsp3) is 0.133. The van der Waals surface area contributed by atoms with Crippen LogP contribution in [0.25, 0.3) is 0 Å². The highest BCUT2D eigenvalue weighted by Gasteiger charge is 2.04. The molecule has 0 heterocycles. The quantitative estimate of drug-likeness (QED) is 0.911. The predicted molar refractivity (Wildman–Crippen MR) is 77.3 cm³/mol. The van der Waals surface area contributed by atoms with Crippen LogP contribution in [0, 0.1) is 24.1 Å². The van der Waals surface area contributed by atoms with E-state index in [0.717, 1.165) is 15.6 Å². The lowest BCUT2D eigenvalue weighted by atomic mass is 10.1. The first-order valence-electron chi connectivity index (χ1n) is 5.78. The lowest BCUT2D eigenvalue weighted by molar-refractivity contribution is 0.630. The molecule has 0 aliphatic heterocycles. The molecule has 2 aromatic carbocycles. The summed E-state index contributed by atoms with van der Waals surface area (Å²) in [6.45, 7) is 2.46. The van der Waals surface area contributed by atoms with Crippen LogP contribution in [0.4, 0.5) is 10.1 Å². The van der Waals surface area contributed by atoms with Gasteiger partial charge in [0.2, 0.25) is 0 Å². The van der Waals surface area contributed by atoms with Crippen LogP contribution in [0.3, 0.4) is 0 Å². The zero-order valence-corrected chi connectivity index (χ0v) is 12.0. The van der Waals surface area contributed by atoms with Gasteiger partial charge in [0.15, 0.2) is 0 Å². The van der Waals surface area contributed by atoms with Gasteiger partial charge in [-0.05, 0) is 48.4 Å². The molecule has 0 fully saturated rings. The summed E-state index contributed by atoms with van der Waals surface area (Å²) < 4.78 is 14.4. The Bertz CT molecular complexity index is 647. The van der Waals surface area contributed by atoms with Crippen LogP contribution < -0.4 is 5.32 Å². The highest BCUT2D eigenvalue weighted by Crippen LogP contribution is 2.21. The third kappa shape index (κ3) is 3.33. The maximum atomic E-state index is 13.6. The summed E-state index contributed by atoms with van der Waals surface area (Å²) in [5, 5.41) is 11.9. The summed E-state index contributed by atoms with van der Waals surface area (Å²) in [5.41, 5.74) is 3.15. The maximum Gasteiger partial charge on any atom is 0.146 e. The number of nitrogens with one attached hydrogen (secondary N) is 1. The first-order chi connectivity index (χ1) is 9.10. The molecule has 0 aromatic heterocycles. The topological polar surface area (TPSA) is 35.8 Å². The molecule has 0 spiro atoms. The van der Waals surface area contributed by atoms with Gasteiger partial charge < -0.3 is 5.32 Å². The van der Waals surface area contributed by atoms with Crippen molar-refractivity contribution in [3.05, 3.63) is 63.4 Å². The molecule has 1 N–H and O–H groups in total. The van der Waals surface area contributed by atoms with Gasteiger partial charge in [-0.3, -0.25) is 0 Å². The Morgan fingerprint density at radius 1 is 1.26 bits per heavy atom. The first kappa shape index (κ1) is 13.6. The van der Waals surface area contributed by atoms with Crippen LogP contribution in [0.15, 0.2) is 40.9 Å². The Balaban J connectivity index is 2.15. The molecule has 19 heavy (non-hydrogen) atoms. The molecule has 0 atom stereocenters. The number of aryl methyl sites for hydroxylation is 1. The molecule has 2 nitrogen and oxygen atoms in total. The zero-order chi connectivity index (χ0) is 13.8. The Hall–Kier alpha value is -1.86. The van der Waals surface area contributed by atoms with Crippen molar-refractivity contribution >= 4 is 21.6 Å². The summed E-state index contributed by atoms with van der Waals surface area (Å²) >= 11 is 3.31. The molecule has 0 saturated carbocycles. The van der Waals surface area contributed by atoms with Gasteiger partial charge in [0, 0.05) is 11.0 Å². The average molecular weight is 319 g/mol. The third-order valence-corrected chi connectivity index (χ3v) is 3.36. The number of rotatable bonds is 3. The molecule has 0 unspecified atom stereocenters. The van der Waals surface area contributed by atoms with E-state index in [1.165, 1.54) is 6.07 Å². The average Bonchev–Trinajstić information content (AvgIpc) is 2.40. The Kier molecular flexibility index (Phi) is 4.18. The van der Waals surface area contributed by atoms with E-state index in [1.807, 2.05) is 19.1 Å². The SMILES string of the molecule is Cc1cc(C#N)ccc1CNc1cc(Br)ccc1F. The van der Waals surface area contributed by atoms with Crippen molar-refractivity contribution in [3.8, 4) is 6.07 Å². The summed E-state index contributed by atoms with van der Waals surface area (Å²) in [6.07, 6.45) is 0. The molecule has 0 aliphatic rings. The predicted octanol–water partition coefficient (Wildman–Crippen LogP) is 4.38. The van der Waals surface area contributed by atoms with E-state index < -0.39 is 0 Å². The van der Waals surface area contributed by atoms with Gasteiger partial charge >= 0.3 is 0 Å². The van der Waals surface area contributed by atoms with Crippen LogP contribution in [0.5, 0.6) is 0 Å². The van der Waals surface area contributed by atoms with Crippen LogP contribution in [-0.2, 0) is 6.54 Å². The van der Waals surface area contributed by atoms with E-state index in [1.54, 1.807) is 18.2 Å². The van der Waals surface area contributed by atoms with Gasteiger partial charge in [-0.1, -0.05) is 22.0 Å². The summed E-state index contributed by atoms with van der Waals surface area (Å²) in [7, 11) is 0. The van der Waals surface area contributed by atoms with E-state index in [9.17, 15) is 4.39 Å². The van der Waals surface area contributed by atoms with E-state index >= 15 is 0 Å². The van der Waals surface area contributed by atoms with Gasteiger partial charge in [-0.15, -0.1) is 0 Å². The number of hydrogen-bond acceptors (Lipinski definition) is 2. The maximum absolute atomic E-state index is 13.6. The van der Waals surface area contributed by atoms with Crippen LogP contribution >= 0.6 is 15.9 Å². The molecule has 0 saturated heterocycles. The highest BCUT2D eigenvalue weighted by molar-refractivity contribution is 9.10. The molecule has 4 heteroatoms. The first-order valence-corrected chi connectivity index (χ1v) is 6.58. The Labute approximate surface area is 120 Å². The number of anilines is 1.